The van der Waals surface area contributed by atoms with Crippen molar-refractivity contribution in [2.75, 3.05) is 23.8 Å². The Bertz CT molecular complexity index is 678. The van der Waals surface area contributed by atoms with Gasteiger partial charge >= 0.3 is 5.69 Å². The second kappa shape index (κ2) is 7.87. The predicted molar refractivity (Wildman–Crippen MR) is 94.3 cm³/mol. The number of unbranched alkanes of at least 4 members (excludes halogenated alkanes) is 1. The van der Waals surface area contributed by atoms with Gasteiger partial charge in [-0.3, -0.25) is 10.1 Å². The van der Waals surface area contributed by atoms with Crippen molar-refractivity contribution in [3.63, 3.8) is 0 Å². The molecule has 1 heterocycles. The second-order valence-electron chi connectivity index (χ2n) is 5.06. The number of nitro groups is 1. The molecule has 0 unspecified atom stereocenters. The number of anilines is 3. The molecule has 1 aromatic carbocycles. The fraction of sp³-hybridized carbons (Fsp3) is 0.333. The van der Waals surface area contributed by atoms with E-state index in [2.05, 4.69) is 38.1 Å². The molecule has 7 nitrogen and oxygen atoms in total. The van der Waals surface area contributed by atoms with Crippen LogP contribution in [0.4, 0.5) is 23.0 Å². The maximum atomic E-state index is 11.5. The second-order valence-corrected chi connectivity index (χ2v) is 5.97. The van der Waals surface area contributed by atoms with E-state index < -0.39 is 4.92 Å². The summed E-state index contributed by atoms with van der Waals surface area (Å²) in [6, 6.07) is 7.33. The highest BCUT2D eigenvalue weighted by Gasteiger charge is 2.25. The Morgan fingerprint density at radius 3 is 2.61 bits per heavy atom. The number of rotatable bonds is 7. The first-order valence-corrected chi connectivity index (χ1v) is 8.05. The van der Waals surface area contributed by atoms with Crippen LogP contribution in [0.25, 0.3) is 0 Å². The van der Waals surface area contributed by atoms with Crippen LogP contribution in [-0.2, 0) is 0 Å². The highest BCUT2D eigenvalue weighted by atomic mass is 79.9. The summed E-state index contributed by atoms with van der Waals surface area (Å²) < 4.78 is 0.931. The molecule has 23 heavy (non-hydrogen) atoms. The van der Waals surface area contributed by atoms with Crippen molar-refractivity contribution in [3.8, 4) is 0 Å². The third-order valence-corrected chi connectivity index (χ3v) is 3.83. The van der Waals surface area contributed by atoms with Crippen LogP contribution >= 0.6 is 15.9 Å². The first-order valence-electron chi connectivity index (χ1n) is 7.26. The van der Waals surface area contributed by atoms with Gasteiger partial charge in [-0.25, -0.2) is 9.97 Å². The van der Waals surface area contributed by atoms with Crippen molar-refractivity contribution in [1.82, 2.24) is 9.97 Å². The number of hydrogen-bond acceptors (Lipinski definition) is 6. The molecule has 0 fully saturated rings. The lowest BCUT2D eigenvalue weighted by atomic mass is 10.3. The maximum absolute atomic E-state index is 11.5. The number of aromatic nitrogens is 2. The molecule has 0 radical (unpaired) electrons. The van der Waals surface area contributed by atoms with Gasteiger partial charge in [0.1, 0.15) is 6.33 Å². The Kier molecular flexibility index (Phi) is 5.86. The monoisotopic (exact) mass is 379 g/mol. The summed E-state index contributed by atoms with van der Waals surface area (Å²) in [7, 11) is 1.80. The zero-order chi connectivity index (χ0) is 16.8. The van der Waals surface area contributed by atoms with Gasteiger partial charge in [0.2, 0.25) is 11.6 Å². The molecule has 0 aliphatic carbocycles. The van der Waals surface area contributed by atoms with Crippen molar-refractivity contribution in [1.29, 1.82) is 0 Å². The van der Waals surface area contributed by atoms with E-state index in [0.717, 1.165) is 23.0 Å². The largest absolute Gasteiger partial charge is 0.354 e. The molecule has 0 aliphatic rings. The number of benzene rings is 1. The third-order valence-electron chi connectivity index (χ3n) is 3.30. The Morgan fingerprint density at radius 2 is 2.00 bits per heavy atom. The first-order chi connectivity index (χ1) is 11.0. The van der Waals surface area contributed by atoms with Crippen molar-refractivity contribution in [2.24, 2.45) is 0 Å². The summed E-state index contributed by atoms with van der Waals surface area (Å²) in [6.45, 7) is 2.77. The van der Waals surface area contributed by atoms with E-state index in [4.69, 9.17) is 0 Å². The van der Waals surface area contributed by atoms with Crippen LogP contribution in [0.2, 0.25) is 0 Å². The SMILES string of the molecule is CCCCN(C)c1ncnc(Nc2ccc(Br)cc2)c1[N+](=O)[O-]. The van der Waals surface area contributed by atoms with Crippen molar-refractivity contribution in [3.05, 3.63) is 45.2 Å². The fourth-order valence-electron chi connectivity index (χ4n) is 2.08. The molecule has 8 heteroatoms. The van der Waals surface area contributed by atoms with E-state index in [-0.39, 0.29) is 11.5 Å². The molecule has 0 saturated carbocycles. The molecule has 1 aromatic heterocycles. The van der Waals surface area contributed by atoms with Gasteiger partial charge in [0, 0.05) is 23.8 Å². The lowest BCUT2D eigenvalue weighted by molar-refractivity contribution is -0.383. The number of hydrogen-bond donors (Lipinski definition) is 1. The van der Waals surface area contributed by atoms with E-state index in [0.29, 0.717) is 12.4 Å². The lowest BCUT2D eigenvalue weighted by Crippen LogP contribution is -2.21. The summed E-state index contributed by atoms with van der Waals surface area (Å²) >= 11 is 3.35. The summed E-state index contributed by atoms with van der Waals surface area (Å²) in [4.78, 5) is 21.0. The van der Waals surface area contributed by atoms with E-state index in [1.807, 2.05) is 24.3 Å². The van der Waals surface area contributed by atoms with Gasteiger partial charge in [0.05, 0.1) is 4.92 Å². The third kappa shape index (κ3) is 4.38. The van der Waals surface area contributed by atoms with E-state index in [1.54, 1.807) is 11.9 Å². The molecule has 0 amide bonds. The fourth-order valence-corrected chi connectivity index (χ4v) is 2.34. The molecular formula is C15H18BrN5O2. The molecule has 0 saturated heterocycles. The van der Waals surface area contributed by atoms with Crippen LogP contribution in [0.1, 0.15) is 19.8 Å². The molecular weight excluding hydrogens is 362 g/mol. The molecule has 2 aromatic rings. The summed E-state index contributed by atoms with van der Waals surface area (Å²) in [5.41, 5.74) is 0.603. The van der Waals surface area contributed by atoms with Crippen molar-refractivity contribution >= 4 is 38.9 Å². The van der Waals surface area contributed by atoms with Gasteiger partial charge in [-0.1, -0.05) is 29.3 Å². The maximum Gasteiger partial charge on any atom is 0.353 e. The molecule has 0 aliphatic heterocycles. The standard InChI is InChI=1S/C15H18BrN5O2/c1-3-4-9-20(2)15-13(21(22)23)14(17-10-18-15)19-12-7-5-11(16)6-8-12/h5-8,10H,3-4,9H2,1-2H3,(H,17,18,19). The molecule has 0 bridgehead atoms. The minimum absolute atomic E-state index is 0.117. The van der Waals surface area contributed by atoms with E-state index >= 15 is 0 Å². The van der Waals surface area contributed by atoms with Gasteiger partial charge < -0.3 is 10.2 Å². The smallest absolute Gasteiger partial charge is 0.353 e. The summed E-state index contributed by atoms with van der Waals surface area (Å²) in [5, 5.41) is 14.5. The molecule has 2 rings (SSSR count). The van der Waals surface area contributed by atoms with Crippen molar-refractivity contribution in [2.45, 2.75) is 19.8 Å². The van der Waals surface area contributed by atoms with Crippen LogP contribution < -0.4 is 10.2 Å². The normalized spacial score (nSPS) is 10.4. The van der Waals surface area contributed by atoms with Crippen molar-refractivity contribution < 1.29 is 4.92 Å². The summed E-state index contributed by atoms with van der Waals surface area (Å²) in [5.74, 6) is 0.503. The van der Waals surface area contributed by atoms with Gasteiger partial charge in [0.15, 0.2) is 0 Å². The minimum atomic E-state index is -0.445. The molecule has 122 valence electrons. The quantitative estimate of drug-likeness (QED) is 0.575. The van der Waals surface area contributed by atoms with E-state index in [1.165, 1.54) is 6.33 Å². The highest BCUT2D eigenvalue weighted by Crippen LogP contribution is 2.33. The average Bonchev–Trinajstić information content (AvgIpc) is 2.54. The topological polar surface area (TPSA) is 84.2 Å². The van der Waals surface area contributed by atoms with Crippen LogP contribution in [0.15, 0.2) is 35.1 Å². The Hall–Kier alpha value is -2.22. The predicted octanol–water partition coefficient (Wildman–Crippen LogP) is 4.13. The minimum Gasteiger partial charge on any atom is -0.354 e. The van der Waals surface area contributed by atoms with Gasteiger partial charge in [-0.2, -0.15) is 0 Å². The van der Waals surface area contributed by atoms with Crippen LogP contribution in [-0.4, -0.2) is 28.5 Å². The van der Waals surface area contributed by atoms with E-state index in [9.17, 15) is 10.1 Å². The average molecular weight is 380 g/mol. The van der Waals surface area contributed by atoms with Gasteiger partial charge in [-0.15, -0.1) is 0 Å². The zero-order valence-electron chi connectivity index (χ0n) is 13.0. The van der Waals surface area contributed by atoms with Gasteiger partial charge in [0.25, 0.3) is 0 Å². The van der Waals surface area contributed by atoms with Crippen LogP contribution in [0.5, 0.6) is 0 Å². The first kappa shape index (κ1) is 17.1. The Balaban J connectivity index is 2.35. The molecule has 0 spiro atoms. The Labute approximate surface area is 143 Å². The zero-order valence-corrected chi connectivity index (χ0v) is 14.6. The molecule has 0 atom stereocenters. The number of halogens is 1. The summed E-state index contributed by atoms with van der Waals surface area (Å²) in [6.07, 6.45) is 3.28. The van der Waals surface area contributed by atoms with Gasteiger partial charge in [-0.05, 0) is 30.7 Å². The van der Waals surface area contributed by atoms with Crippen LogP contribution in [0.3, 0.4) is 0 Å². The number of nitrogens with one attached hydrogen (secondary N) is 1. The highest BCUT2D eigenvalue weighted by molar-refractivity contribution is 9.10. The Morgan fingerprint density at radius 1 is 1.30 bits per heavy atom. The number of nitrogens with zero attached hydrogens (tertiary/aromatic N) is 4. The molecule has 1 N–H and O–H groups in total. The van der Waals surface area contributed by atoms with Crippen LogP contribution in [0, 0.1) is 10.1 Å². The lowest BCUT2D eigenvalue weighted by Gasteiger charge is -2.18.